The van der Waals surface area contributed by atoms with Crippen LogP contribution in [0.25, 0.3) is 0 Å². The number of methoxy groups -OCH3 is 1. The molecule has 1 saturated heterocycles. The van der Waals surface area contributed by atoms with E-state index in [-0.39, 0.29) is 6.04 Å². The summed E-state index contributed by atoms with van der Waals surface area (Å²) in [6.07, 6.45) is 0. The first-order valence-corrected chi connectivity index (χ1v) is 9.25. The number of aliphatic imine (C=N–C) groups is 1. The minimum absolute atomic E-state index is 0.185. The molecule has 1 aliphatic rings. The topological polar surface area (TPSA) is 72.1 Å². The van der Waals surface area contributed by atoms with Crippen molar-refractivity contribution in [2.75, 3.05) is 45.3 Å². The molecular weight excluding hydrogens is 340 g/mol. The van der Waals surface area contributed by atoms with Crippen molar-refractivity contribution in [1.29, 1.82) is 0 Å². The Morgan fingerprint density at radius 2 is 1.96 bits per heavy atom. The van der Waals surface area contributed by atoms with E-state index in [1.165, 1.54) is 11.1 Å². The SMILES string of the molecule is COc1ccc(NC(N)=NCC(c2cccc(C)c2)N2CCOCC2)cc1. The van der Waals surface area contributed by atoms with Crippen molar-refractivity contribution in [3.63, 3.8) is 0 Å². The molecule has 0 radical (unpaired) electrons. The largest absolute Gasteiger partial charge is 0.497 e. The quantitative estimate of drug-likeness (QED) is 0.606. The molecule has 6 heteroatoms. The highest BCUT2D eigenvalue weighted by Crippen LogP contribution is 2.23. The second kappa shape index (κ2) is 9.39. The van der Waals surface area contributed by atoms with E-state index >= 15 is 0 Å². The second-order valence-corrected chi connectivity index (χ2v) is 6.66. The fraction of sp³-hybridized carbons (Fsp3) is 0.381. The smallest absolute Gasteiger partial charge is 0.193 e. The van der Waals surface area contributed by atoms with Crippen molar-refractivity contribution >= 4 is 11.6 Å². The van der Waals surface area contributed by atoms with Gasteiger partial charge in [0.2, 0.25) is 0 Å². The van der Waals surface area contributed by atoms with Crippen LogP contribution in [0.1, 0.15) is 17.2 Å². The van der Waals surface area contributed by atoms with Gasteiger partial charge in [0.1, 0.15) is 5.75 Å². The molecule has 0 bridgehead atoms. The van der Waals surface area contributed by atoms with Crippen molar-refractivity contribution in [2.45, 2.75) is 13.0 Å². The van der Waals surface area contributed by atoms with Gasteiger partial charge in [-0.15, -0.1) is 0 Å². The summed E-state index contributed by atoms with van der Waals surface area (Å²) in [6.45, 7) is 6.03. The number of anilines is 1. The number of nitrogens with zero attached hydrogens (tertiary/aromatic N) is 2. The van der Waals surface area contributed by atoms with E-state index in [9.17, 15) is 0 Å². The van der Waals surface area contributed by atoms with Gasteiger partial charge in [-0.1, -0.05) is 29.8 Å². The summed E-state index contributed by atoms with van der Waals surface area (Å²) in [5, 5.41) is 3.14. The molecule has 144 valence electrons. The lowest BCUT2D eigenvalue weighted by atomic mass is 10.0. The van der Waals surface area contributed by atoms with Gasteiger partial charge in [-0.25, -0.2) is 0 Å². The Balaban J connectivity index is 1.71. The number of benzene rings is 2. The first-order chi connectivity index (χ1) is 13.2. The Morgan fingerprint density at radius 1 is 1.22 bits per heavy atom. The number of hydrogen-bond acceptors (Lipinski definition) is 4. The van der Waals surface area contributed by atoms with E-state index in [1.54, 1.807) is 7.11 Å². The summed E-state index contributed by atoms with van der Waals surface area (Å²) in [7, 11) is 1.65. The Hall–Kier alpha value is -2.57. The minimum atomic E-state index is 0.185. The van der Waals surface area contributed by atoms with Gasteiger partial charge in [0.05, 0.1) is 32.9 Å². The highest BCUT2D eigenvalue weighted by molar-refractivity contribution is 5.92. The Morgan fingerprint density at radius 3 is 2.63 bits per heavy atom. The highest BCUT2D eigenvalue weighted by atomic mass is 16.5. The molecule has 1 unspecified atom stereocenters. The predicted octanol–water partition coefficient (Wildman–Crippen LogP) is 2.80. The Kier molecular flexibility index (Phi) is 6.68. The molecule has 3 rings (SSSR count). The standard InChI is InChI=1S/C21H28N4O2/c1-16-4-3-5-17(14-16)20(25-10-12-27-13-11-25)15-23-21(22)24-18-6-8-19(26-2)9-7-18/h3-9,14,20H,10-13,15H2,1-2H3,(H3,22,23,24). The third kappa shape index (κ3) is 5.45. The Bertz CT molecular complexity index is 755. The number of nitrogens with two attached hydrogens (primary N) is 1. The average molecular weight is 368 g/mol. The molecule has 0 saturated carbocycles. The minimum Gasteiger partial charge on any atom is -0.497 e. The van der Waals surface area contributed by atoms with Crippen LogP contribution in [0.3, 0.4) is 0 Å². The zero-order valence-corrected chi connectivity index (χ0v) is 16.0. The maximum Gasteiger partial charge on any atom is 0.193 e. The zero-order chi connectivity index (χ0) is 19.1. The lowest BCUT2D eigenvalue weighted by Gasteiger charge is -2.34. The predicted molar refractivity (Wildman–Crippen MR) is 109 cm³/mol. The van der Waals surface area contributed by atoms with E-state index in [2.05, 4.69) is 46.4 Å². The van der Waals surface area contributed by atoms with Crippen LogP contribution in [0.5, 0.6) is 5.75 Å². The third-order valence-corrected chi connectivity index (χ3v) is 4.71. The summed E-state index contributed by atoms with van der Waals surface area (Å²) >= 11 is 0. The van der Waals surface area contributed by atoms with Crippen LogP contribution < -0.4 is 15.8 Å². The molecule has 0 amide bonds. The molecule has 1 aliphatic heterocycles. The number of nitrogens with one attached hydrogen (secondary N) is 1. The molecule has 6 nitrogen and oxygen atoms in total. The van der Waals surface area contributed by atoms with Crippen LogP contribution in [0.4, 0.5) is 5.69 Å². The van der Waals surface area contributed by atoms with E-state index in [4.69, 9.17) is 15.2 Å². The lowest BCUT2D eigenvalue weighted by molar-refractivity contribution is 0.0180. The van der Waals surface area contributed by atoms with Crippen molar-refractivity contribution in [1.82, 2.24) is 4.90 Å². The van der Waals surface area contributed by atoms with Crippen molar-refractivity contribution in [3.8, 4) is 5.75 Å². The summed E-state index contributed by atoms with van der Waals surface area (Å²) in [5.74, 6) is 1.22. The lowest BCUT2D eigenvalue weighted by Crippen LogP contribution is -2.40. The number of morpholine rings is 1. The average Bonchev–Trinajstić information content (AvgIpc) is 2.70. The van der Waals surface area contributed by atoms with Gasteiger partial charge in [-0.2, -0.15) is 0 Å². The van der Waals surface area contributed by atoms with Crippen LogP contribution >= 0.6 is 0 Å². The normalized spacial score (nSPS) is 16.7. The number of ether oxygens (including phenoxy) is 2. The summed E-state index contributed by atoms with van der Waals surface area (Å²) in [6, 6.07) is 16.4. The van der Waals surface area contributed by atoms with Crippen molar-refractivity contribution in [2.24, 2.45) is 10.7 Å². The van der Waals surface area contributed by atoms with E-state index in [0.717, 1.165) is 37.7 Å². The van der Waals surface area contributed by atoms with Crippen LogP contribution in [-0.4, -0.2) is 50.8 Å². The first kappa shape index (κ1) is 19.2. The maximum atomic E-state index is 6.13. The molecule has 2 aromatic rings. The van der Waals surface area contributed by atoms with Gasteiger partial charge < -0.3 is 20.5 Å². The van der Waals surface area contributed by atoms with E-state index < -0.39 is 0 Å². The fourth-order valence-corrected chi connectivity index (χ4v) is 3.24. The molecule has 0 aromatic heterocycles. The van der Waals surface area contributed by atoms with Crippen LogP contribution in [-0.2, 0) is 4.74 Å². The van der Waals surface area contributed by atoms with Gasteiger partial charge >= 0.3 is 0 Å². The molecule has 2 aromatic carbocycles. The van der Waals surface area contributed by atoms with E-state index in [1.807, 2.05) is 24.3 Å². The molecule has 1 atom stereocenters. The monoisotopic (exact) mass is 368 g/mol. The molecule has 1 heterocycles. The molecule has 0 spiro atoms. The van der Waals surface area contributed by atoms with Crippen molar-refractivity contribution in [3.05, 3.63) is 59.7 Å². The number of guanidine groups is 1. The molecule has 27 heavy (non-hydrogen) atoms. The Labute approximate surface area is 161 Å². The first-order valence-electron chi connectivity index (χ1n) is 9.25. The highest BCUT2D eigenvalue weighted by Gasteiger charge is 2.22. The van der Waals surface area contributed by atoms with Crippen LogP contribution in [0.2, 0.25) is 0 Å². The second-order valence-electron chi connectivity index (χ2n) is 6.66. The maximum absolute atomic E-state index is 6.13. The summed E-state index contributed by atoms with van der Waals surface area (Å²) in [4.78, 5) is 7.03. The number of hydrogen-bond donors (Lipinski definition) is 2. The fourth-order valence-electron chi connectivity index (χ4n) is 3.24. The van der Waals surface area contributed by atoms with Gasteiger partial charge in [-0.3, -0.25) is 9.89 Å². The summed E-state index contributed by atoms with van der Waals surface area (Å²) < 4.78 is 10.7. The van der Waals surface area contributed by atoms with Gasteiger partial charge in [0.25, 0.3) is 0 Å². The molecular formula is C21H28N4O2. The molecule has 3 N–H and O–H groups in total. The molecule has 1 fully saturated rings. The van der Waals surface area contributed by atoms with Crippen LogP contribution in [0.15, 0.2) is 53.5 Å². The zero-order valence-electron chi connectivity index (χ0n) is 16.0. The number of aryl methyl sites for hydroxylation is 1. The van der Waals surface area contributed by atoms with Gasteiger partial charge in [-0.05, 0) is 36.8 Å². The van der Waals surface area contributed by atoms with Gasteiger partial charge in [0, 0.05) is 18.8 Å². The van der Waals surface area contributed by atoms with Gasteiger partial charge in [0.15, 0.2) is 5.96 Å². The number of rotatable bonds is 6. The summed E-state index contributed by atoms with van der Waals surface area (Å²) in [5.41, 5.74) is 9.52. The third-order valence-electron chi connectivity index (χ3n) is 4.71. The molecule has 0 aliphatic carbocycles. The van der Waals surface area contributed by atoms with Crippen LogP contribution in [0, 0.1) is 6.92 Å². The van der Waals surface area contributed by atoms with E-state index in [0.29, 0.717) is 12.5 Å². The van der Waals surface area contributed by atoms with Crippen molar-refractivity contribution < 1.29 is 9.47 Å².